The Morgan fingerprint density at radius 2 is 1.16 bits per heavy atom. The molecule has 2 rings (SSSR count). The molecule has 2 aromatic carbocycles. The van der Waals surface area contributed by atoms with Crippen LogP contribution in [0, 0.1) is 0 Å². The summed E-state index contributed by atoms with van der Waals surface area (Å²) < 4.78 is 0. The van der Waals surface area contributed by atoms with Crippen LogP contribution in [-0.4, -0.2) is 16.1 Å². The molecule has 0 saturated heterocycles. The van der Waals surface area contributed by atoms with E-state index in [0.717, 1.165) is 0 Å². The first-order valence-electron chi connectivity index (χ1n) is 6.65. The van der Waals surface area contributed by atoms with Gasteiger partial charge in [0, 0.05) is 24.9 Å². The molecule has 0 aliphatic heterocycles. The summed E-state index contributed by atoms with van der Waals surface area (Å²) in [4.78, 5) is 0. The molecule has 0 aliphatic rings. The van der Waals surface area contributed by atoms with Crippen LogP contribution in [-0.2, 0) is 16.8 Å². The van der Waals surface area contributed by atoms with Gasteiger partial charge in [-0.2, -0.15) is 17.3 Å². The van der Waals surface area contributed by atoms with E-state index in [-0.39, 0.29) is 16.8 Å². The molecule has 19 heavy (non-hydrogen) atoms. The Labute approximate surface area is 131 Å². The summed E-state index contributed by atoms with van der Waals surface area (Å²) >= 11 is 0. The van der Waals surface area contributed by atoms with Crippen LogP contribution in [0.2, 0.25) is 39.3 Å². The predicted octanol–water partition coefficient (Wildman–Crippen LogP) is 3.90. The van der Waals surface area contributed by atoms with Gasteiger partial charge in [0.05, 0.1) is 0 Å². The van der Waals surface area contributed by atoms with Gasteiger partial charge in [0.25, 0.3) is 0 Å². The second-order valence-electron chi connectivity index (χ2n) is 6.85. The second kappa shape index (κ2) is 7.43. The minimum absolute atomic E-state index is 0. The Bertz CT molecular complexity index is 384. The molecule has 0 bridgehead atoms. The number of rotatable bonds is 2. The van der Waals surface area contributed by atoms with Crippen molar-refractivity contribution in [2.45, 2.75) is 39.3 Å². The molecule has 0 atom stereocenters. The van der Waals surface area contributed by atoms with E-state index in [2.05, 4.69) is 87.8 Å². The fourth-order valence-electron chi connectivity index (χ4n) is 1.75. The van der Waals surface area contributed by atoms with E-state index in [0.29, 0.717) is 0 Å². The molecule has 113 valence electrons. The van der Waals surface area contributed by atoms with Gasteiger partial charge in [0.2, 0.25) is 0 Å². The fourth-order valence-corrected chi connectivity index (χ4v) is 4.13. The first-order chi connectivity index (χ1) is 8.21. The van der Waals surface area contributed by atoms with Crippen molar-refractivity contribution in [3.05, 3.63) is 48.5 Å². The van der Waals surface area contributed by atoms with E-state index in [1.54, 1.807) is 10.4 Å². The van der Waals surface area contributed by atoms with Gasteiger partial charge in [-0.05, 0) is 0 Å². The maximum absolute atomic E-state index is 2.36. The molecule has 0 nitrogen and oxygen atoms in total. The Hall–Kier alpha value is -0.360. The van der Waals surface area contributed by atoms with Gasteiger partial charge in [0.1, 0.15) is 0 Å². The van der Waals surface area contributed by atoms with Crippen LogP contribution >= 0.6 is 0 Å². The van der Waals surface area contributed by atoms with Crippen LogP contribution in [0.4, 0.5) is 0 Å². The van der Waals surface area contributed by atoms with Crippen LogP contribution < -0.4 is 10.4 Å². The van der Waals surface area contributed by atoms with Crippen molar-refractivity contribution in [1.29, 1.82) is 0 Å². The van der Waals surface area contributed by atoms with E-state index in [1.165, 1.54) is 0 Å². The molecule has 0 spiro atoms. The Morgan fingerprint density at radius 1 is 0.737 bits per heavy atom. The van der Waals surface area contributed by atoms with Gasteiger partial charge < -0.3 is 29.5 Å². The Balaban J connectivity index is 0.000000324. The van der Waals surface area contributed by atoms with Crippen molar-refractivity contribution in [3.8, 4) is 0 Å². The predicted molar refractivity (Wildman–Crippen MR) is 90.0 cm³/mol. The minimum atomic E-state index is -0.981. The van der Waals surface area contributed by atoms with Gasteiger partial charge in [-0.3, -0.25) is 0 Å². The fraction of sp³-hybridized carbons (Fsp3) is 0.375. The molecule has 3 heteroatoms. The monoisotopic (exact) mass is 333 g/mol. The molecule has 2 aromatic rings. The molecule has 0 unspecified atom stereocenters. The van der Waals surface area contributed by atoms with Gasteiger partial charge in [-0.25, -0.2) is 12.1 Å². The average Bonchev–Trinajstić information content (AvgIpc) is 2.91. The standard InChI is InChI=1S/2C8H13Si.Co/c2*1-9(2,3)8-6-4-5-7-8;/h2*4-7H,1-3H3;/q-5;-1;. The summed E-state index contributed by atoms with van der Waals surface area (Å²) in [6.45, 7) is 14.2. The molecule has 0 saturated carbocycles. The third kappa shape index (κ3) is 6.56. The quantitative estimate of drug-likeness (QED) is 0.578. The molecule has 0 amide bonds. The van der Waals surface area contributed by atoms with Gasteiger partial charge in [0.15, 0.2) is 0 Å². The SMILES string of the molecule is C[Si](C)(C)[c-]1[cH-][cH-][cH-][cH-]1.C[Si](C)(C)[c-]1cccc1.[Co]. The molecular weight excluding hydrogens is 307 g/mol. The summed E-state index contributed by atoms with van der Waals surface area (Å²) in [5.41, 5.74) is 0. The summed E-state index contributed by atoms with van der Waals surface area (Å²) in [7, 11) is -1.96. The van der Waals surface area contributed by atoms with Crippen LogP contribution in [0.1, 0.15) is 0 Å². The minimum Gasteiger partial charge on any atom is -0.748 e. The molecule has 1 radical (unpaired) electrons. The van der Waals surface area contributed by atoms with Crippen molar-refractivity contribution >= 4 is 26.5 Å². The number of hydrogen-bond acceptors (Lipinski definition) is 0. The van der Waals surface area contributed by atoms with Crippen LogP contribution in [0.5, 0.6) is 0 Å². The van der Waals surface area contributed by atoms with Crippen molar-refractivity contribution < 1.29 is 16.8 Å². The van der Waals surface area contributed by atoms with E-state index in [4.69, 9.17) is 0 Å². The van der Waals surface area contributed by atoms with E-state index in [9.17, 15) is 0 Å². The molecule has 0 N–H and O–H groups in total. The second-order valence-corrected chi connectivity index (χ2v) is 17.0. The van der Waals surface area contributed by atoms with Gasteiger partial charge in [-0.15, -0.1) is 8.07 Å². The van der Waals surface area contributed by atoms with Crippen LogP contribution in [0.25, 0.3) is 0 Å². The van der Waals surface area contributed by atoms with E-state index >= 15 is 0 Å². The van der Waals surface area contributed by atoms with Crippen LogP contribution in [0.15, 0.2) is 48.5 Å². The smallest absolute Gasteiger partial charge is 0.0147 e. The van der Waals surface area contributed by atoms with Crippen molar-refractivity contribution in [3.63, 3.8) is 0 Å². The maximum Gasteiger partial charge on any atom is 0.0147 e. The topological polar surface area (TPSA) is 0 Å². The summed E-state index contributed by atoms with van der Waals surface area (Å²) in [6, 6.07) is 17.4. The average molecular weight is 333 g/mol. The summed E-state index contributed by atoms with van der Waals surface area (Å²) in [5.74, 6) is 0. The van der Waals surface area contributed by atoms with Crippen LogP contribution in [0.3, 0.4) is 0 Å². The zero-order valence-electron chi connectivity index (χ0n) is 13.0. The Kier molecular flexibility index (Phi) is 7.29. The molecule has 0 fully saturated rings. The Morgan fingerprint density at radius 3 is 1.37 bits per heavy atom. The largest absolute Gasteiger partial charge is 0.748 e. The third-order valence-electron chi connectivity index (χ3n) is 3.06. The molecular formula is C16H26CoSi2-6. The summed E-state index contributed by atoms with van der Waals surface area (Å²) in [6.07, 6.45) is 0. The van der Waals surface area contributed by atoms with E-state index in [1.807, 2.05) is 0 Å². The van der Waals surface area contributed by atoms with Gasteiger partial charge in [-0.1, -0.05) is 39.3 Å². The molecule has 0 aromatic heterocycles. The molecule has 0 aliphatic carbocycles. The van der Waals surface area contributed by atoms with Crippen molar-refractivity contribution in [2.24, 2.45) is 0 Å². The first-order valence-corrected chi connectivity index (χ1v) is 13.7. The molecule has 0 heterocycles. The normalized spacial score (nSPS) is 11.3. The first kappa shape index (κ1) is 18.6. The van der Waals surface area contributed by atoms with Crippen molar-refractivity contribution in [1.82, 2.24) is 0 Å². The van der Waals surface area contributed by atoms with Gasteiger partial charge >= 0.3 is 0 Å². The maximum atomic E-state index is 2.36. The zero-order valence-corrected chi connectivity index (χ0v) is 16.0. The number of hydrogen-bond donors (Lipinski definition) is 0. The van der Waals surface area contributed by atoms with Crippen molar-refractivity contribution in [2.75, 3.05) is 0 Å². The summed E-state index contributed by atoms with van der Waals surface area (Å²) in [5, 5.41) is 3.12. The zero-order chi connectivity index (χ0) is 13.8. The third-order valence-corrected chi connectivity index (χ3v) is 7.19. The van der Waals surface area contributed by atoms with E-state index < -0.39 is 16.1 Å².